The summed E-state index contributed by atoms with van der Waals surface area (Å²) >= 11 is 0. The lowest BCUT2D eigenvalue weighted by molar-refractivity contribution is -0.142. The Kier molecular flexibility index (Phi) is 5.55. The lowest BCUT2D eigenvalue weighted by atomic mass is 10.0. The summed E-state index contributed by atoms with van der Waals surface area (Å²) in [5.74, 6) is -1.47. The van der Waals surface area contributed by atoms with E-state index in [1.807, 2.05) is 24.3 Å². The summed E-state index contributed by atoms with van der Waals surface area (Å²) in [6.07, 6.45) is 1.21. The molecule has 4 heteroatoms. The predicted octanol–water partition coefficient (Wildman–Crippen LogP) is 1.97. The van der Waals surface area contributed by atoms with E-state index in [2.05, 4.69) is 6.92 Å². The van der Waals surface area contributed by atoms with Crippen LogP contribution in [0.4, 0.5) is 0 Å². The molecule has 0 aliphatic heterocycles. The number of aryl methyl sites for hydroxylation is 1. The lowest BCUT2D eigenvalue weighted by Crippen LogP contribution is -2.34. The third-order valence-corrected chi connectivity index (χ3v) is 3.24. The Bertz CT molecular complexity index is 456. The second-order valence-corrected chi connectivity index (χ2v) is 4.81. The van der Waals surface area contributed by atoms with E-state index in [1.165, 1.54) is 4.90 Å². The van der Waals surface area contributed by atoms with Crippen LogP contribution >= 0.6 is 0 Å². The van der Waals surface area contributed by atoms with E-state index in [0.717, 1.165) is 17.5 Å². The average Bonchev–Trinajstić information content (AvgIpc) is 2.38. The van der Waals surface area contributed by atoms with Crippen molar-refractivity contribution in [3.05, 3.63) is 35.4 Å². The lowest BCUT2D eigenvalue weighted by Gasteiger charge is -2.20. The molecule has 0 bridgehead atoms. The van der Waals surface area contributed by atoms with Crippen LogP contribution in [-0.2, 0) is 22.4 Å². The molecule has 0 saturated heterocycles. The topological polar surface area (TPSA) is 57.6 Å². The molecule has 1 unspecified atom stereocenters. The maximum Gasteiger partial charge on any atom is 0.308 e. The Hall–Kier alpha value is -1.84. The summed E-state index contributed by atoms with van der Waals surface area (Å²) in [7, 11) is 1.65. The molecule has 1 amide bonds. The minimum Gasteiger partial charge on any atom is -0.481 e. The number of hydrogen-bond acceptors (Lipinski definition) is 2. The van der Waals surface area contributed by atoms with Gasteiger partial charge in [-0.25, -0.2) is 0 Å². The minimum absolute atomic E-state index is 0.0472. The number of carboxylic acids is 1. The number of carbonyl (C=O) groups excluding carboxylic acids is 1. The Morgan fingerprint density at radius 3 is 2.37 bits per heavy atom. The van der Waals surface area contributed by atoms with E-state index < -0.39 is 11.9 Å². The third-order valence-electron chi connectivity index (χ3n) is 3.24. The Morgan fingerprint density at radius 1 is 1.26 bits per heavy atom. The maximum atomic E-state index is 12.1. The van der Waals surface area contributed by atoms with Gasteiger partial charge < -0.3 is 10.0 Å². The molecular weight excluding hydrogens is 242 g/mol. The summed E-state index contributed by atoms with van der Waals surface area (Å²) in [6.45, 7) is 3.90. The molecule has 0 radical (unpaired) electrons. The number of likely N-dealkylation sites (N-methyl/N-ethyl adjacent to an activating group) is 1. The molecule has 0 heterocycles. The van der Waals surface area contributed by atoms with Gasteiger partial charge in [-0.1, -0.05) is 38.1 Å². The summed E-state index contributed by atoms with van der Waals surface area (Å²) in [4.78, 5) is 24.3. The first-order chi connectivity index (χ1) is 8.95. The molecule has 1 aromatic rings. The van der Waals surface area contributed by atoms with Crippen molar-refractivity contribution in [1.82, 2.24) is 4.90 Å². The summed E-state index contributed by atoms with van der Waals surface area (Å²) < 4.78 is 0. The second kappa shape index (κ2) is 6.92. The van der Waals surface area contributed by atoms with Crippen LogP contribution in [0.25, 0.3) is 0 Å². The molecule has 0 aliphatic rings. The van der Waals surface area contributed by atoms with Crippen LogP contribution in [0.3, 0.4) is 0 Å². The minimum atomic E-state index is -0.881. The number of amides is 1. The van der Waals surface area contributed by atoms with Gasteiger partial charge in [0.2, 0.25) is 5.91 Å². The standard InChI is InChI=1S/C15H21NO3/c1-4-12-7-5-6-8-13(12)9-14(17)16(3)10-11(2)15(18)19/h5-8,11H,4,9-10H2,1-3H3,(H,18,19). The fraction of sp³-hybridized carbons (Fsp3) is 0.467. The molecular formula is C15H21NO3. The molecule has 4 nitrogen and oxygen atoms in total. The van der Waals surface area contributed by atoms with Crippen LogP contribution in [0.1, 0.15) is 25.0 Å². The number of benzene rings is 1. The number of hydrogen-bond donors (Lipinski definition) is 1. The normalized spacial score (nSPS) is 11.9. The van der Waals surface area contributed by atoms with Crippen LogP contribution < -0.4 is 0 Å². The SMILES string of the molecule is CCc1ccccc1CC(=O)N(C)CC(C)C(=O)O. The quantitative estimate of drug-likeness (QED) is 0.853. The summed E-state index contributed by atoms with van der Waals surface area (Å²) in [6, 6.07) is 7.85. The number of aliphatic carboxylic acids is 1. The van der Waals surface area contributed by atoms with Gasteiger partial charge in [0, 0.05) is 13.6 Å². The Morgan fingerprint density at radius 2 is 1.84 bits per heavy atom. The van der Waals surface area contributed by atoms with Crippen LogP contribution in [0.5, 0.6) is 0 Å². The van der Waals surface area contributed by atoms with Gasteiger partial charge in [-0.15, -0.1) is 0 Å². The van der Waals surface area contributed by atoms with Crippen molar-refractivity contribution in [1.29, 1.82) is 0 Å². The highest BCUT2D eigenvalue weighted by Gasteiger charge is 2.18. The van der Waals surface area contributed by atoms with Crippen LogP contribution in [0.15, 0.2) is 24.3 Å². The smallest absolute Gasteiger partial charge is 0.308 e. The highest BCUT2D eigenvalue weighted by atomic mass is 16.4. The van der Waals surface area contributed by atoms with Gasteiger partial charge in [-0.05, 0) is 17.5 Å². The number of carbonyl (C=O) groups is 2. The molecule has 1 N–H and O–H groups in total. The molecule has 1 aromatic carbocycles. The molecule has 0 aliphatic carbocycles. The van der Waals surface area contributed by atoms with Gasteiger partial charge in [0.05, 0.1) is 12.3 Å². The first-order valence-electron chi connectivity index (χ1n) is 6.49. The Labute approximate surface area is 114 Å². The number of nitrogens with zero attached hydrogens (tertiary/aromatic N) is 1. The van der Waals surface area contributed by atoms with Crippen molar-refractivity contribution in [3.8, 4) is 0 Å². The van der Waals surface area contributed by atoms with Crippen LogP contribution in [0, 0.1) is 5.92 Å². The zero-order chi connectivity index (χ0) is 14.4. The van der Waals surface area contributed by atoms with Gasteiger partial charge in [-0.3, -0.25) is 9.59 Å². The van der Waals surface area contributed by atoms with Crippen LogP contribution in [0.2, 0.25) is 0 Å². The fourth-order valence-corrected chi connectivity index (χ4v) is 1.96. The molecule has 0 saturated carbocycles. The van der Waals surface area contributed by atoms with Crippen molar-refractivity contribution in [2.45, 2.75) is 26.7 Å². The number of rotatable bonds is 6. The largest absolute Gasteiger partial charge is 0.481 e. The van der Waals surface area contributed by atoms with Crippen molar-refractivity contribution in [3.63, 3.8) is 0 Å². The molecule has 0 fully saturated rings. The van der Waals surface area contributed by atoms with E-state index >= 15 is 0 Å². The summed E-state index contributed by atoms with van der Waals surface area (Å²) in [5, 5.41) is 8.85. The highest BCUT2D eigenvalue weighted by molar-refractivity contribution is 5.79. The van der Waals surface area contributed by atoms with E-state index in [1.54, 1.807) is 14.0 Å². The van der Waals surface area contributed by atoms with Gasteiger partial charge in [0.15, 0.2) is 0 Å². The molecule has 104 valence electrons. The van der Waals surface area contributed by atoms with Gasteiger partial charge in [0.25, 0.3) is 0 Å². The van der Waals surface area contributed by atoms with Gasteiger partial charge in [0.1, 0.15) is 0 Å². The van der Waals surface area contributed by atoms with E-state index in [4.69, 9.17) is 5.11 Å². The van der Waals surface area contributed by atoms with Crippen molar-refractivity contribution in [2.75, 3.05) is 13.6 Å². The third kappa shape index (κ3) is 4.39. The maximum absolute atomic E-state index is 12.1. The van der Waals surface area contributed by atoms with E-state index in [9.17, 15) is 9.59 Å². The first-order valence-corrected chi connectivity index (χ1v) is 6.49. The van der Waals surface area contributed by atoms with Crippen molar-refractivity contribution in [2.24, 2.45) is 5.92 Å². The number of carboxylic acid groups (broad SMARTS) is 1. The van der Waals surface area contributed by atoms with Gasteiger partial charge >= 0.3 is 5.97 Å². The molecule has 0 aromatic heterocycles. The second-order valence-electron chi connectivity index (χ2n) is 4.81. The molecule has 19 heavy (non-hydrogen) atoms. The first kappa shape index (κ1) is 15.2. The predicted molar refractivity (Wildman–Crippen MR) is 74.0 cm³/mol. The monoisotopic (exact) mass is 263 g/mol. The molecule has 0 spiro atoms. The van der Waals surface area contributed by atoms with E-state index in [0.29, 0.717) is 6.42 Å². The summed E-state index contributed by atoms with van der Waals surface area (Å²) in [5.41, 5.74) is 2.18. The highest BCUT2D eigenvalue weighted by Crippen LogP contribution is 2.11. The Balaban J connectivity index is 2.66. The zero-order valence-corrected chi connectivity index (χ0v) is 11.7. The zero-order valence-electron chi connectivity index (χ0n) is 11.7. The average molecular weight is 263 g/mol. The fourth-order valence-electron chi connectivity index (χ4n) is 1.96. The molecule has 1 atom stereocenters. The van der Waals surface area contributed by atoms with Crippen molar-refractivity contribution < 1.29 is 14.7 Å². The molecule has 1 rings (SSSR count). The van der Waals surface area contributed by atoms with E-state index in [-0.39, 0.29) is 12.5 Å². The van der Waals surface area contributed by atoms with Gasteiger partial charge in [-0.2, -0.15) is 0 Å². The van der Waals surface area contributed by atoms with Crippen molar-refractivity contribution >= 4 is 11.9 Å². The van der Waals surface area contributed by atoms with Crippen LogP contribution in [-0.4, -0.2) is 35.5 Å².